The average Bonchev–Trinajstić information content (AvgIpc) is 2.97. The molecule has 1 aliphatic rings. The van der Waals surface area contributed by atoms with Crippen molar-refractivity contribution in [1.82, 2.24) is 0 Å². The molecule has 0 fully saturated rings. The van der Waals surface area contributed by atoms with Crippen molar-refractivity contribution in [2.75, 3.05) is 4.90 Å². The van der Waals surface area contributed by atoms with Gasteiger partial charge in [0.25, 0.3) is 11.8 Å². The van der Waals surface area contributed by atoms with Crippen molar-refractivity contribution in [3.63, 3.8) is 0 Å². The highest BCUT2D eigenvalue weighted by atomic mass is 16.2. The van der Waals surface area contributed by atoms with Crippen molar-refractivity contribution < 1.29 is 9.59 Å². The lowest BCUT2D eigenvalue weighted by Gasteiger charge is -2.20. The molecule has 4 rings (SSSR count). The van der Waals surface area contributed by atoms with Gasteiger partial charge in [-0.05, 0) is 52.3 Å². The Morgan fingerprint density at radius 1 is 0.621 bits per heavy atom. The third kappa shape index (κ3) is 3.17. The zero-order chi connectivity index (χ0) is 20.7. The van der Waals surface area contributed by atoms with Crippen LogP contribution in [0.25, 0.3) is 11.1 Å². The van der Waals surface area contributed by atoms with E-state index in [1.807, 2.05) is 48.5 Å². The molecule has 3 heteroatoms. The number of carbonyl (C=O) groups excluding carboxylic acids is 2. The first-order valence-electron chi connectivity index (χ1n) is 10.1. The fraction of sp³-hybridized carbons (Fsp3) is 0.231. The minimum Gasteiger partial charge on any atom is -0.268 e. The Labute approximate surface area is 172 Å². The average molecular weight is 383 g/mol. The highest BCUT2D eigenvalue weighted by molar-refractivity contribution is 6.34. The summed E-state index contributed by atoms with van der Waals surface area (Å²) in [6, 6.07) is 21.5. The zero-order valence-corrected chi connectivity index (χ0v) is 17.3. The van der Waals surface area contributed by atoms with E-state index in [0.29, 0.717) is 22.7 Å². The second-order valence-electron chi connectivity index (χ2n) is 8.16. The summed E-state index contributed by atoms with van der Waals surface area (Å²) in [5.41, 5.74) is 5.92. The lowest BCUT2D eigenvalue weighted by Crippen LogP contribution is -2.30. The summed E-state index contributed by atoms with van der Waals surface area (Å²) in [5, 5.41) is 0. The molecular formula is C26H25NO2. The Kier molecular flexibility index (Phi) is 4.83. The van der Waals surface area contributed by atoms with E-state index in [2.05, 4.69) is 39.8 Å². The fourth-order valence-corrected chi connectivity index (χ4v) is 4.07. The number of fused-ring (bicyclic) bond motifs is 1. The summed E-state index contributed by atoms with van der Waals surface area (Å²) in [6.45, 7) is 8.45. The van der Waals surface area contributed by atoms with Gasteiger partial charge in [0.2, 0.25) is 0 Å². The van der Waals surface area contributed by atoms with Gasteiger partial charge in [0, 0.05) is 0 Å². The molecular weight excluding hydrogens is 358 g/mol. The van der Waals surface area contributed by atoms with Gasteiger partial charge in [0.15, 0.2) is 0 Å². The van der Waals surface area contributed by atoms with E-state index in [0.717, 1.165) is 16.7 Å². The molecule has 0 spiro atoms. The third-order valence-electron chi connectivity index (χ3n) is 5.58. The van der Waals surface area contributed by atoms with Crippen LogP contribution in [0.15, 0.2) is 66.7 Å². The van der Waals surface area contributed by atoms with Gasteiger partial charge in [-0.15, -0.1) is 0 Å². The van der Waals surface area contributed by atoms with Crippen molar-refractivity contribution >= 4 is 17.5 Å². The number of benzene rings is 3. The number of anilines is 1. The molecule has 0 unspecified atom stereocenters. The largest absolute Gasteiger partial charge is 0.268 e. The van der Waals surface area contributed by atoms with Crippen LogP contribution in [0.1, 0.15) is 71.4 Å². The molecule has 3 aromatic carbocycles. The third-order valence-corrected chi connectivity index (χ3v) is 5.58. The summed E-state index contributed by atoms with van der Waals surface area (Å²) in [7, 11) is 0. The summed E-state index contributed by atoms with van der Waals surface area (Å²) < 4.78 is 0. The van der Waals surface area contributed by atoms with Gasteiger partial charge in [-0.25, -0.2) is 4.90 Å². The van der Waals surface area contributed by atoms with Crippen LogP contribution >= 0.6 is 0 Å². The maximum atomic E-state index is 13.3. The van der Waals surface area contributed by atoms with Crippen molar-refractivity contribution in [1.29, 1.82) is 0 Å². The normalized spacial score (nSPS) is 13.5. The lowest BCUT2D eigenvalue weighted by atomic mass is 9.91. The number of imide groups is 1. The molecule has 2 amide bonds. The van der Waals surface area contributed by atoms with Crippen molar-refractivity contribution in [3.05, 3.63) is 89.0 Å². The number of rotatable bonds is 4. The number of nitrogens with zero attached hydrogens (tertiary/aromatic N) is 1. The summed E-state index contributed by atoms with van der Waals surface area (Å²) in [5.74, 6) is 0.0824. The number of para-hydroxylation sites is 1. The highest BCUT2D eigenvalue weighted by Crippen LogP contribution is 2.36. The smallest absolute Gasteiger partial charge is 0.266 e. The van der Waals surface area contributed by atoms with Gasteiger partial charge in [-0.1, -0.05) is 76.2 Å². The van der Waals surface area contributed by atoms with Gasteiger partial charge < -0.3 is 0 Å². The first kappa shape index (κ1) is 19.1. The minimum atomic E-state index is -0.248. The summed E-state index contributed by atoms with van der Waals surface area (Å²) in [6.07, 6.45) is 0. The van der Waals surface area contributed by atoms with E-state index in [4.69, 9.17) is 0 Å². The van der Waals surface area contributed by atoms with Crippen molar-refractivity contribution in [2.24, 2.45) is 0 Å². The van der Waals surface area contributed by atoms with Crippen LogP contribution in [0.2, 0.25) is 0 Å². The molecule has 0 radical (unpaired) electrons. The van der Waals surface area contributed by atoms with Crippen LogP contribution in [0.4, 0.5) is 5.69 Å². The second-order valence-corrected chi connectivity index (χ2v) is 8.16. The molecule has 0 saturated carbocycles. The van der Waals surface area contributed by atoms with Crippen LogP contribution in [0.5, 0.6) is 0 Å². The summed E-state index contributed by atoms with van der Waals surface area (Å²) in [4.78, 5) is 27.7. The van der Waals surface area contributed by atoms with Crippen LogP contribution in [0, 0.1) is 0 Å². The predicted molar refractivity (Wildman–Crippen MR) is 118 cm³/mol. The van der Waals surface area contributed by atoms with Gasteiger partial charge in [0.1, 0.15) is 0 Å². The molecule has 1 aliphatic heterocycles. The van der Waals surface area contributed by atoms with Gasteiger partial charge in [0.05, 0.1) is 16.8 Å². The van der Waals surface area contributed by atoms with Gasteiger partial charge in [-0.3, -0.25) is 9.59 Å². The second kappa shape index (κ2) is 7.32. The van der Waals surface area contributed by atoms with E-state index in [-0.39, 0.29) is 17.7 Å². The summed E-state index contributed by atoms with van der Waals surface area (Å²) >= 11 is 0. The molecule has 0 atom stereocenters. The van der Waals surface area contributed by atoms with E-state index < -0.39 is 0 Å². The van der Waals surface area contributed by atoms with E-state index in [1.165, 1.54) is 10.5 Å². The Morgan fingerprint density at radius 3 is 1.90 bits per heavy atom. The van der Waals surface area contributed by atoms with Crippen LogP contribution < -0.4 is 4.90 Å². The molecule has 0 saturated heterocycles. The fourth-order valence-electron chi connectivity index (χ4n) is 4.07. The molecule has 29 heavy (non-hydrogen) atoms. The molecule has 1 heterocycles. The predicted octanol–water partition coefficient (Wildman–Crippen LogP) is 6.40. The molecule has 0 bridgehead atoms. The maximum Gasteiger partial charge on any atom is 0.266 e. The highest BCUT2D eigenvalue weighted by Gasteiger charge is 2.38. The molecule has 3 aromatic rings. The monoisotopic (exact) mass is 383 g/mol. The van der Waals surface area contributed by atoms with E-state index in [1.54, 1.807) is 6.07 Å². The number of hydrogen-bond acceptors (Lipinski definition) is 2. The SMILES string of the molecule is CC(C)c1ccccc1-c1ccc2c(c1)C(=O)N(c1ccccc1C(C)C)C2=O. The Bertz CT molecular complexity index is 1110. The van der Waals surface area contributed by atoms with Gasteiger partial charge in [-0.2, -0.15) is 0 Å². The Morgan fingerprint density at radius 2 is 1.21 bits per heavy atom. The van der Waals surface area contributed by atoms with Crippen LogP contribution in [0.3, 0.4) is 0 Å². The van der Waals surface area contributed by atoms with E-state index in [9.17, 15) is 9.59 Å². The first-order chi connectivity index (χ1) is 13.9. The van der Waals surface area contributed by atoms with Crippen molar-refractivity contribution in [2.45, 2.75) is 39.5 Å². The molecule has 0 aliphatic carbocycles. The Hall–Kier alpha value is -3.20. The first-order valence-corrected chi connectivity index (χ1v) is 10.1. The van der Waals surface area contributed by atoms with Crippen LogP contribution in [-0.4, -0.2) is 11.8 Å². The van der Waals surface area contributed by atoms with E-state index >= 15 is 0 Å². The number of carbonyl (C=O) groups is 2. The van der Waals surface area contributed by atoms with Crippen molar-refractivity contribution in [3.8, 4) is 11.1 Å². The maximum absolute atomic E-state index is 13.3. The quantitative estimate of drug-likeness (QED) is 0.489. The molecule has 0 aromatic heterocycles. The topological polar surface area (TPSA) is 37.4 Å². The molecule has 3 nitrogen and oxygen atoms in total. The standard InChI is InChI=1S/C26H25NO2/c1-16(2)19-9-5-6-11-21(19)18-13-14-22-23(15-18)26(29)27(25(22)28)24-12-8-7-10-20(24)17(3)4/h5-17H,1-4H3. The molecule has 146 valence electrons. The number of amides is 2. The lowest BCUT2D eigenvalue weighted by molar-refractivity contribution is 0.0926. The number of hydrogen-bond donors (Lipinski definition) is 0. The van der Waals surface area contributed by atoms with Gasteiger partial charge >= 0.3 is 0 Å². The Balaban J connectivity index is 1.81. The zero-order valence-electron chi connectivity index (χ0n) is 17.3. The minimum absolute atomic E-state index is 0.212. The molecule has 0 N–H and O–H groups in total. The van der Waals surface area contributed by atoms with Crippen LogP contribution in [-0.2, 0) is 0 Å².